The number of anilines is 1. The molecule has 2 aromatic rings. The van der Waals surface area contributed by atoms with E-state index in [0.717, 1.165) is 29.7 Å². The van der Waals surface area contributed by atoms with Gasteiger partial charge in [0.1, 0.15) is 5.75 Å². The lowest BCUT2D eigenvalue weighted by atomic mass is 10.0. The van der Waals surface area contributed by atoms with Crippen molar-refractivity contribution >= 4 is 17.6 Å². The third-order valence-electron chi connectivity index (χ3n) is 4.58. The summed E-state index contributed by atoms with van der Waals surface area (Å²) in [5.74, 6) is 0.423. The SMILES string of the molecule is CCCCOC(=O)c1ccc(NC(=O)[C@@H](C)Oc2cc(C)ccc2C(C)C)cc1. The van der Waals surface area contributed by atoms with E-state index in [9.17, 15) is 9.59 Å². The number of aryl methyl sites for hydroxylation is 1. The summed E-state index contributed by atoms with van der Waals surface area (Å²) in [4.78, 5) is 24.5. The highest BCUT2D eigenvalue weighted by atomic mass is 16.5. The van der Waals surface area contributed by atoms with Crippen LogP contribution in [0.25, 0.3) is 0 Å². The molecule has 2 aromatic carbocycles. The topological polar surface area (TPSA) is 64.6 Å². The lowest BCUT2D eigenvalue weighted by Crippen LogP contribution is -2.30. The van der Waals surface area contributed by atoms with Gasteiger partial charge in [-0.3, -0.25) is 4.79 Å². The van der Waals surface area contributed by atoms with Crippen molar-refractivity contribution < 1.29 is 19.1 Å². The zero-order valence-electron chi connectivity index (χ0n) is 18.0. The van der Waals surface area contributed by atoms with Gasteiger partial charge in [0.25, 0.3) is 5.91 Å². The number of esters is 1. The second-order valence-corrected chi connectivity index (χ2v) is 7.51. The molecule has 29 heavy (non-hydrogen) atoms. The van der Waals surface area contributed by atoms with Gasteiger partial charge < -0.3 is 14.8 Å². The molecule has 0 heterocycles. The summed E-state index contributed by atoms with van der Waals surface area (Å²) in [6.45, 7) is 10.4. The Kier molecular flexibility index (Phi) is 8.25. The molecule has 0 saturated heterocycles. The summed E-state index contributed by atoms with van der Waals surface area (Å²) < 4.78 is 11.1. The van der Waals surface area contributed by atoms with Crippen LogP contribution in [-0.2, 0) is 9.53 Å². The van der Waals surface area contributed by atoms with Crippen molar-refractivity contribution in [3.8, 4) is 5.75 Å². The minimum absolute atomic E-state index is 0.250. The van der Waals surface area contributed by atoms with E-state index in [1.165, 1.54) is 0 Å². The number of nitrogens with one attached hydrogen (secondary N) is 1. The van der Waals surface area contributed by atoms with Gasteiger partial charge in [0.2, 0.25) is 0 Å². The lowest BCUT2D eigenvalue weighted by molar-refractivity contribution is -0.122. The van der Waals surface area contributed by atoms with Crippen molar-refractivity contribution in [1.82, 2.24) is 0 Å². The number of hydrogen-bond donors (Lipinski definition) is 1. The summed E-state index contributed by atoms with van der Waals surface area (Å²) in [5, 5.41) is 2.83. The summed E-state index contributed by atoms with van der Waals surface area (Å²) in [5.41, 5.74) is 3.22. The zero-order chi connectivity index (χ0) is 21.4. The van der Waals surface area contributed by atoms with Crippen LogP contribution < -0.4 is 10.1 Å². The second-order valence-electron chi connectivity index (χ2n) is 7.51. The minimum Gasteiger partial charge on any atom is -0.481 e. The number of carbonyl (C=O) groups is 2. The number of rotatable bonds is 9. The van der Waals surface area contributed by atoms with Gasteiger partial charge in [-0.05, 0) is 67.6 Å². The number of benzene rings is 2. The molecule has 1 atom stereocenters. The molecule has 0 bridgehead atoms. The molecule has 0 aliphatic carbocycles. The summed E-state index contributed by atoms with van der Waals surface area (Å²) in [6.07, 6.45) is 1.16. The minimum atomic E-state index is -0.659. The average Bonchev–Trinajstić information content (AvgIpc) is 2.68. The second kappa shape index (κ2) is 10.6. The number of amides is 1. The maximum Gasteiger partial charge on any atom is 0.338 e. The molecule has 0 aliphatic rings. The fourth-order valence-electron chi connectivity index (χ4n) is 2.79. The number of unbranched alkanes of at least 4 members (excludes halogenated alkanes) is 1. The first-order valence-corrected chi connectivity index (χ1v) is 10.2. The standard InChI is InChI=1S/C24H31NO4/c1-6-7-14-28-24(27)19-9-11-20(12-10-19)25-23(26)18(5)29-22-15-17(4)8-13-21(22)16(2)3/h8-13,15-16,18H,6-7,14H2,1-5H3,(H,25,26)/t18-/m1/s1. The van der Waals surface area contributed by atoms with Gasteiger partial charge in [-0.15, -0.1) is 0 Å². The fourth-order valence-corrected chi connectivity index (χ4v) is 2.79. The Balaban J connectivity index is 1.98. The molecule has 0 saturated carbocycles. The summed E-state index contributed by atoms with van der Waals surface area (Å²) in [7, 11) is 0. The molecule has 0 aliphatic heterocycles. The first kappa shape index (κ1) is 22.5. The molecule has 1 N–H and O–H groups in total. The molecule has 5 heteroatoms. The Bertz CT molecular complexity index is 827. The number of ether oxygens (including phenoxy) is 2. The molecule has 0 radical (unpaired) electrons. The molecule has 0 fully saturated rings. The van der Waals surface area contributed by atoms with Crippen LogP contribution in [0.15, 0.2) is 42.5 Å². The van der Waals surface area contributed by atoms with E-state index in [-0.39, 0.29) is 11.9 Å². The summed E-state index contributed by atoms with van der Waals surface area (Å²) in [6, 6.07) is 12.7. The Morgan fingerprint density at radius 2 is 1.72 bits per heavy atom. The molecule has 0 aromatic heterocycles. The van der Waals surface area contributed by atoms with Crippen LogP contribution in [0.1, 0.15) is 67.9 Å². The predicted octanol–water partition coefficient (Wildman–Crippen LogP) is 5.48. The van der Waals surface area contributed by atoms with Crippen molar-refractivity contribution in [2.24, 2.45) is 0 Å². The average molecular weight is 398 g/mol. The highest BCUT2D eigenvalue weighted by Crippen LogP contribution is 2.28. The van der Waals surface area contributed by atoms with E-state index in [2.05, 4.69) is 19.2 Å². The Labute approximate surface area is 173 Å². The zero-order valence-corrected chi connectivity index (χ0v) is 18.0. The predicted molar refractivity (Wildman–Crippen MR) is 116 cm³/mol. The highest BCUT2D eigenvalue weighted by molar-refractivity contribution is 5.95. The monoisotopic (exact) mass is 397 g/mol. The van der Waals surface area contributed by atoms with E-state index in [1.54, 1.807) is 31.2 Å². The van der Waals surface area contributed by atoms with Gasteiger partial charge >= 0.3 is 5.97 Å². The molecule has 0 spiro atoms. The largest absolute Gasteiger partial charge is 0.481 e. The highest BCUT2D eigenvalue weighted by Gasteiger charge is 2.18. The first-order valence-electron chi connectivity index (χ1n) is 10.2. The van der Waals surface area contributed by atoms with Crippen LogP contribution in [0.3, 0.4) is 0 Å². The quantitative estimate of drug-likeness (QED) is 0.449. The van der Waals surface area contributed by atoms with Gasteiger partial charge in [-0.2, -0.15) is 0 Å². The van der Waals surface area contributed by atoms with Crippen molar-refractivity contribution in [3.05, 3.63) is 59.2 Å². The Morgan fingerprint density at radius 3 is 2.34 bits per heavy atom. The number of hydrogen-bond acceptors (Lipinski definition) is 4. The van der Waals surface area contributed by atoms with Crippen molar-refractivity contribution in [3.63, 3.8) is 0 Å². The van der Waals surface area contributed by atoms with E-state index in [4.69, 9.17) is 9.47 Å². The van der Waals surface area contributed by atoms with Crippen LogP contribution in [0.4, 0.5) is 5.69 Å². The van der Waals surface area contributed by atoms with Crippen molar-refractivity contribution in [2.45, 2.75) is 59.5 Å². The van der Waals surface area contributed by atoms with Gasteiger partial charge in [0.15, 0.2) is 6.10 Å². The Morgan fingerprint density at radius 1 is 1.03 bits per heavy atom. The van der Waals surface area contributed by atoms with Crippen molar-refractivity contribution in [2.75, 3.05) is 11.9 Å². The first-order chi connectivity index (χ1) is 13.8. The van der Waals surface area contributed by atoms with Crippen LogP contribution in [0, 0.1) is 6.92 Å². The van der Waals surface area contributed by atoms with E-state index in [0.29, 0.717) is 23.8 Å². The Hall–Kier alpha value is -2.82. The maximum atomic E-state index is 12.5. The maximum absolute atomic E-state index is 12.5. The molecule has 1 amide bonds. The summed E-state index contributed by atoms with van der Waals surface area (Å²) >= 11 is 0. The van der Waals surface area contributed by atoms with Gasteiger partial charge in [0.05, 0.1) is 12.2 Å². The molecule has 0 unspecified atom stereocenters. The van der Waals surface area contributed by atoms with E-state index in [1.807, 2.05) is 32.0 Å². The molecular formula is C24H31NO4. The molecule has 5 nitrogen and oxygen atoms in total. The number of carbonyl (C=O) groups excluding carboxylic acids is 2. The van der Waals surface area contributed by atoms with E-state index >= 15 is 0 Å². The van der Waals surface area contributed by atoms with Crippen LogP contribution in [-0.4, -0.2) is 24.6 Å². The van der Waals surface area contributed by atoms with Crippen LogP contribution >= 0.6 is 0 Å². The fraction of sp³-hybridized carbons (Fsp3) is 0.417. The molecule has 2 rings (SSSR count). The third-order valence-corrected chi connectivity index (χ3v) is 4.58. The normalized spacial score (nSPS) is 11.8. The van der Waals surface area contributed by atoms with Gasteiger partial charge in [-0.1, -0.05) is 39.3 Å². The smallest absolute Gasteiger partial charge is 0.338 e. The molecular weight excluding hydrogens is 366 g/mol. The van der Waals surface area contributed by atoms with Crippen LogP contribution in [0.5, 0.6) is 5.75 Å². The third kappa shape index (κ3) is 6.63. The lowest BCUT2D eigenvalue weighted by Gasteiger charge is -2.19. The van der Waals surface area contributed by atoms with Gasteiger partial charge in [-0.25, -0.2) is 4.79 Å². The van der Waals surface area contributed by atoms with Crippen LogP contribution in [0.2, 0.25) is 0 Å². The van der Waals surface area contributed by atoms with Crippen molar-refractivity contribution in [1.29, 1.82) is 0 Å². The van der Waals surface area contributed by atoms with Gasteiger partial charge in [0, 0.05) is 5.69 Å². The van der Waals surface area contributed by atoms with E-state index < -0.39 is 6.10 Å². The molecule has 156 valence electrons.